The number of piperidine rings is 1. The number of aryl methyl sites for hydroxylation is 1. The minimum absolute atomic E-state index is 0.0799. The van der Waals surface area contributed by atoms with Crippen LogP contribution in [0.2, 0.25) is 0 Å². The van der Waals surface area contributed by atoms with Crippen LogP contribution < -0.4 is 10.7 Å². The van der Waals surface area contributed by atoms with Gasteiger partial charge in [0.05, 0.1) is 24.1 Å². The molecular weight excluding hydrogens is 923 g/mol. The smallest absolute Gasteiger partial charge is 0.324 e. The molecule has 0 radical (unpaired) electrons. The first-order chi connectivity index (χ1) is 34.9. The second kappa shape index (κ2) is 22.2. The van der Waals surface area contributed by atoms with Gasteiger partial charge in [0, 0.05) is 100 Å². The Morgan fingerprint density at radius 2 is 1.73 bits per heavy atom. The molecule has 73 heavy (non-hydrogen) atoms. The zero-order valence-electron chi connectivity index (χ0n) is 44.5. The first kappa shape index (κ1) is 53.2. The topological polar surface area (TPSA) is 162 Å². The number of hydrogen-bond donors (Lipinski definition) is 2. The number of nitrogens with one attached hydrogen (secondary N) is 2. The van der Waals surface area contributed by atoms with Crippen molar-refractivity contribution in [2.45, 2.75) is 123 Å². The highest BCUT2D eigenvalue weighted by Gasteiger charge is 2.46. The lowest BCUT2D eigenvalue weighted by Gasteiger charge is -2.54. The highest BCUT2D eigenvalue weighted by molar-refractivity contribution is 5.96. The summed E-state index contributed by atoms with van der Waals surface area (Å²) in [6, 6.07) is 15.7. The molecule has 2 aromatic carbocycles. The Kier molecular flexibility index (Phi) is 16.2. The van der Waals surface area contributed by atoms with E-state index in [1.54, 1.807) is 25.3 Å². The van der Waals surface area contributed by atoms with Crippen molar-refractivity contribution in [3.05, 3.63) is 90.3 Å². The molecule has 2 aromatic heterocycles. The maximum absolute atomic E-state index is 14.9. The number of esters is 1. The molecule has 4 aliphatic rings. The zero-order chi connectivity index (χ0) is 52.4. The fraction of sp³-hybridized carbons (Fsp3) is 0.544. The molecule has 16 nitrogen and oxygen atoms in total. The Morgan fingerprint density at radius 3 is 2.42 bits per heavy atom. The van der Waals surface area contributed by atoms with Crippen LogP contribution in [0.4, 0.5) is 4.79 Å². The minimum atomic E-state index is -1.05. The molecule has 4 atom stereocenters. The number of hydrazine groups is 1. The molecule has 0 aliphatic carbocycles. The van der Waals surface area contributed by atoms with E-state index in [-0.39, 0.29) is 48.4 Å². The van der Waals surface area contributed by atoms with Crippen molar-refractivity contribution in [1.82, 2.24) is 44.9 Å². The van der Waals surface area contributed by atoms with Gasteiger partial charge in [-0.2, -0.15) is 0 Å². The van der Waals surface area contributed by atoms with Crippen molar-refractivity contribution < 1.29 is 33.4 Å². The van der Waals surface area contributed by atoms with Crippen LogP contribution in [-0.2, 0) is 48.0 Å². The van der Waals surface area contributed by atoms with E-state index in [1.165, 1.54) is 16.0 Å². The maximum atomic E-state index is 14.9. The molecule has 3 saturated heterocycles. The SMILES string of the molecule is C=CC(=O)N1CCN(CC)C2(CCN(C(=O)N(C)[C@H](C(=O)N[C@H]3Cc4cccc(c4)-c4ccc5c(c4)c(c(-c4cccnc4[C@H](C)OC)n5CC)CC(C)(C)COC(=O)[C@@H]4CCCN(N4)C3=O)C(C)C)CC2)C1. The van der Waals surface area contributed by atoms with Gasteiger partial charge in [-0.05, 0) is 111 Å². The van der Waals surface area contributed by atoms with Crippen molar-refractivity contribution in [3.63, 3.8) is 0 Å². The third kappa shape index (κ3) is 10.9. The Hall–Kier alpha value is -6.10. The number of carbonyl (C=O) groups is 5. The number of amides is 5. The van der Waals surface area contributed by atoms with E-state index in [9.17, 15) is 24.0 Å². The number of likely N-dealkylation sites (tertiary alicyclic amines) is 1. The van der Waals surface area contributed by atoms with Gasteiger partial charge in [-0.3, -0.25) is 34.1 Å². The number of ether oxygens (including phenoxy) is 2. The number of pyridine rings is 1. The van der Waals surface area contributed by atoms with Crippen LogP contribution in [0.1, 0.15) is 97.1 Å². The summed E-state index contributed by atoms with van der Waals surface area (Å²) in [5.41, 5.74) is 10.3. The highest BCUT2D eigenvalue weighted by Crippen LogP contribution is 2.42. The molecule has 2 N–H and O–H groups in total. The van der Waals surface area contributed by atoms with Crippen molar-refractivity contribution in [2.75, 3.05) is 66.6 Å². The number of urea groups is 1. The predicted octanol–water partition coefficient (Wildman–Crippen LogP) is 7.01. The van der Waals surface area contributed by atoms with Crippen molar-refractivity contribution in [3.8, 4) is 22.4 Å². The molecule has 5 amide bonds. The maximum Gasteiger partial charge on any atom is 0.324 e. The lowest BCUT2D eigenvalue weighted by Crippen LogP contribution is -2.67. The number of rotatable bonds is 10. The average molecular weight is 1000 g/mol. The summed E-state index contributed by atoms with van der Waals surface area (Å²) in [4.78, 5) is 83.3. The Labute approximate surface area is 431 Å². The van der Waals surface area contributed by atoms with Gasteiger partial charge in [0.2, 0.25) is 11.8 Å². The molecule has 6 heterocycles. The Balaban J connectivity index is 1.12. The second-order valence-electron chi connectivity index (χ2n) is 21.7. The van der Waals surface area contributed by atoms with E-state index >= 15 is 0 Å². The van der Waals surface area contributed by atoms with Gasteiger partial charge in [-0.15, -0.1) is 0 Å². The van der Waals surface area contributed by atoms with Crippen LogP contribution in [0, 0.1) is 11.3 Å². The summed E-state index contributed by atoms with van der Waals surface area (Å²) in [6.07, 6.45) is 6.06. The third-order valence-corrected chi connectivity index (χ3v) is 15.9. The molecule has 0 unspecified atom stereocenters. The van der Waals surface area contributed by atoms with Crippen LogP contribution in [0.15, 0.2) is 73.4 Å². The summed E-state index contributed by atoms with van der Waals surface area (Å²) >= 11 is 0. The van der Waals surface area contributed by atoms with E-state index in [4.69, 9.17) is 14.5 Å². The van der Waals surface area contributed by atoms with Crippen LogP contribution in [0.3, 0.4) is 0 Å². The second-order valence-corrected chi connectivity index (χ2v) is 21.7. The number of aromatic nitrogens is 2. The molecule has 0 saturated carbocycles. The summed E-state index contributed by atoms with van der Waals surface area (Å²) in [5, 5.41) is 5.66. The van der Waals surface area contributed by atoms with Gasteiger partial charge in [-0.25, -0.2) is 10.2 Å². The van der Waals surface area contributed by atoms with Crippen LogP contribution in [-0.4, -0.2) is 154 Å². The number of likely N-dealkylation sites (N-methyl/N-ethyl adjacent to an activating group) is 2. The third-order valence-electron chi connectivity index (χ3n) is 15.9. The number of nitrogens with zero attached hydrogens (tertiary/aromatic N) is 7. The number of cyclic esters (lactones) is 1. The molecule has 4 aromatic rings. The minimum Gasteiger partial charge on any atom is -0.464 e. The monoisotopic (exact) mass is 1000 g/mol. The van der Waals surface area contributed by atoms with Crippen molar-refractivity contribution in [2.24, 2.45) is 11.3 Å². The summed E-state index contributed by atoms with van der Waals surface area (Å²) in [7, 11) is 3.36. The van der Waals surface area contributed by atoms with Gasteiger partial charge in [0.1, 0.15) is 18.1 Å². The fourth-order valence-electron chi connectivity index (χ4n) is 11.9. The molecular formula is C57H77N9O7. The summed E-state index contributed by atoms with van der Waals surface area (Å²) < 4.78 is 14.3. The molecule has 16 heteroatoms. The number of piperazine rings is 1. The lowest BCUT2D eigenvalue weighted by molar-refractivity contribution is -0.155. The molecule has 6 bridgehead atoms. The summed E-state index contributed by atoms with van der Waals surface area (Å²) in [5.74, 6) is -1.66. The summed E-state index contributed by atoms with van der Waals surface area (Å²) in [6.45, 7) is 23.0. The first-order valence-electron chi connectivity index (χ1n) is 26.4. The van der Waals surface area contributed by atoms with Crippen LogP contribution >= 0.6 is 0 Å². The average Bonchev–Trinajstić information content (AvgIpc) is 3.70. The molecule has 392 valence electrons. The normalized spacial score (nSPS) is 21.4. The molecule has 4 aliphatic heterocycles. The highest BCUT2D eigenvalue weighted by atomic mass is 16.5. The van der Waals surface area contributed by atoms with Crippen LogP contribution in [0.5, 0.6) is 0 Å². The van der Waals surface area contributed by atoms with Crippen LogP contribution in [0.25, 0.3) is 33.3 Å². The van der Waals surface area contributed by atoms with Gasteiger partial charge < -0.3 is 34.1 Å². The fourth-order valence-corrected chi connectivity index (χ4v) is 11.9. The van der Waals surface area contributed by atoms with Gasteiger partial charge in [-0.1, -0.05) is 71.5 Å². The largest absolute Gasteiger partial charge is 0.464 e. The number of hydrogen-bond acceptors (Lipinski definition) is 10. The quantitative estimate of drug-likeness (QED) is 0.125. The van der Waals surface area contributed by atoms with Crippen molar-refractivity contribution in [1.29, 1.82) is 0 Å². The van der Waals surface area contributed by atoms with E-state index in [0.717, 1.165) is 63.2 Å². The predicted molar refractivity (Wildman–Crippen MR) is 283 cm³/mol. The van der Waals surface area contributed by atoms with E-state index < -0.39 is 35.4 Å². The first-order valence-corrected chi connectivity index (χ1v) is 26.4. The number of benzene rings is 2. The van der Waals surface area contributed by atoms with Gasteiger partial charge in [0.25, 0.3) is 5.91 Å². The molecule has 3 fully saturated rings. The van der Waals surface area contributed by atoms with Gasteiger partial charge in [0.15, 0.2) is 0 Å². The van der Waals surface area contributed by atoms with E-state index in [2.05, 4.69) is 90.9 Å². The van der Waals surface area contributed by atoms with Crippen molar-refractivity contribution >= 4 is 40.6 Å². The lowest BCUT2D eigenvalue weighted by atomic mass is 9.83. The Bertz CT molecular complexity index is 2710. The zero-order valence-corrected chi connectivity index (χ0v) is 44.5. The molecule has 8 rings (SSSR count). The molecule has 1 spiro atoms. The van der Waals surface area contributed by atoms with E-state index in [0.29, 0.717) is 71.4 Å². The van der Waals surface area contributed by atoms with Gasteiger partial charge >= 0.3 is 12.0 Å². The number of carbonyl (C=O) groups excluding carboxylic acids is 5. The van der Waals surface area contributed by atoms with E-state index in [1.807, 2.05) is 43.9 Å². The Morgan fingerprint density at radius 1 is 0.973 bits per heavy atom. The number of methoxy groups -OCH3 is 1. The number of fused-ring (bicyclic) bond motifs is 6. The standard InChI is InChI=1S/C57H77N9O7/c1-11-48(67)63-29-30-64(12-2)57(35-63)23-27-62(28-24-57)55(71)61(9)50(37(4)5)52(68)59-46-32-39-17-14-18-40(31-39)41-21-22-47-43(33-41)44(51(65(47)13-3)42-19-15-25-58-49(42)38(6)72-10)34-56(7,8)36-73-54(70)45-20-16-26-66(60-45)53(46)69/h11,14-15,17-19,21-22,25,31,33,37-38,45-46,50,60H,1,12-13,16,20,23-24,26-30,32,34-36H2,2-10H3,(H,59,68)/t38-,45-,46-,50-/m0/s1.